The molecule has 3 saturated carbocycles. The molecule has 4 aliphatic rings. The van der Waals surface area contributed by atoms with Crippen molar-refractivity contribution >= 4 is 15.9 Å². The van der Waals surface area contributed by atoms with Crippen molar-refractivity contribution in [3.8, 4) is 11.1 Å². The van der Waals surface area contributed by atoms with Crippen molar-refractivity contribution in [1.29, 1.82) is 0 Å². The van der Waals surface area contributed by atoms with Crippen LogP contribution in [-0.2, 0) is 26.2 Å². The van der Waals surface area contributed by atoms with Gasteiger partial charge in [0.1, 0.15) is 12.1 Å². The molecule has 0 aromatic heterocycles. The summed E-state index contributed by atoms with van der Waals surface area (Å²) in [5.74, 6) is 0.744. The molecule has 1 saturated heterocycles. The molecule has 1 amide bonds. The number of hydrogen-bond donors (Lipinski definition) is 4. The predicted octanol–water partition coefficient (Wildman–Crippen LogP) is 2.66. The first-order valence-corrected chi connectivity index (χ1v) is 15.6. The molecule has 0 unspecified atom stereocenters. The number of amides is 1. The van der Waals surface area contributed by atoms with Crippen LogP contribution in [0.5, 0.6) is 0 Å². The second kappa shape index (κ2) is 10.8. The van der Waals surface area contributed by atoms with Crippen LogP contribution >= 0.6 is 0 Å². The number of aliphatic hydroxyl groups is 2. The number of carbonyl (C=O) groups is 1. The van der Waals surface area contributed by atoms with E-state index in [0.29, 0.717) is 23.2 Å². The molecule has 0 spiro atoms. The summed E-state index contributed by atoms with van der Waals surface area (Å²) in [4.78, 5) is 20.0. The van der Waals surface area contributed by atoms with Crippen LogP contribution < -0.4 is 10.5 Å². The minimum Gasteiger partial charge on any atom is -0.394 e. The number of benzene rings is 2. The van der Waals surface area contributed by atoms with Gasteiger partial charge in [-0.1, -0.05) is 51.1 Å². The highest BCUT2D eigenvalue weighted by molar-refractivity contribution is 7.89. The van der Waals surface area contributed by atoms with Crippen molar-refractivity contribution in [1.82, 2.24) is 10.4 Å². The second-order valence-corrected chi connectivity index (χ2v) is 14.1. The normalized spacial score (nSPS) is 32.3. The number of sulfonamides is 1. The number of nitrogens with one attached hydrogen (secondary N) is 1. The standard InChI is InChI=1S/C30H41N3O6S/c1-17-24-13-22(30(24,3)4)14-25(17)32-29(36)28-27(18(2)35)26(16-34)39-33(28)15-19-6-5-7-21(12-19)20-8-10-23(11-9-20)40(31,37)38/h5-12,17-18,22,24-28,34-35H,13-16H2,1-4H3,(H,32,36)(H2,31,37,38)/t17-,18-,22+,24-,25-,26-,27+,28-/m0/s1. The van der Waals surface area contributed by atoms with Crippen LogP contribution in [0.3, 0.4) is 0 Å². The Kier molecular flexibility index (Phi) is 7.88. The SMILES string of the molecule is C[C@@H]1[C@@H](NC(=O)[C@@H]2[C@H]([C@H](C)O)[C@H](CO)ON2Cc2cccc(-c3ccc(S(N)(=O)=O)cc3)c2)C[C@H]2C[C@@H]1C2(C)C. The molecule has 3 aliphatic carbocycles. The number of carbonyl (C=O) groups excluding carboxylic acids is 1. The lowest BCUT2D eigenvalue weighted by Crippen LogP contribution is -2.62. The molecule has 10 heteroatoms. The maximum absolute atomic E-state index is 13.8. The number of hydroxylamine groups is 2. The second-order valence-electron chi connectivity index (χ2n) is 12.5. The Balaban J connectivity index is 1.36. The van der Waals surface area contributed by atoms with E-state index in [-0.39, 0.29) is 30.0 Å². The van der Waals surface area contributed by atoms with Gasteiger partial charge in [-0.15, -0.1) is 0 Å². The van der Waals surface area contributed by atoms with Crippen molar-refractivity contribution in [2.24, 2.45) is 34.2 Å². The van der Waals surface area contributed by atoms with Crippen molar-refractivity contribution in [2.75, 3.05) is 6.61 Å². The molecule has 8 atom stereocenters. The van der Waals surface area contributed by atoms with Gasteiger partial charge in [0.2, 0.25) is 15.9 Å². The molecule has 1 aliphatic heterocycles. The van der Waals surface area contributed by atoms with E-state index < -0.39 is 34.2 Å². The van der Waals surface area contributed by atoms with Gasteiger partial charge < -0.3 is 15.5 Å². The minimum atomic E-state index is -3.78. The first-order chi connectivity index (χ1) is 18.8. The van der Waals surface area contributed by atoms with E-state index in [4.69, 9.17) is 9.98 Å². The first-order valence-electron chi connectivity index (χ1n) is 14.1. The van der Waals surface area contributed by atoms with Gasteiger partial charge in [0.25, 0.3) is 0 Å². The molecule has 2 aromatic carbocycles. The van der Waals surface area contributed by atoms with E-state index in [9.17, 15) is 23.4 Å². The summed E-state index contributed by atoms with van der Waals surface area (Å²) < 4.78 is 23.2. The van der Waals surface area contributed by atoms with Crippen molar-refractivity contribution < 1.29 is 28.3 Å². The van der Waals surface area contributed by atoms with Crippen LogP contribution in [0.15, 0.2) is 53.4 Å². The Bertz CT molecular complexity index is 1350. The molecule has 40 heavy (non-hydrogen) atoms. The number of nitrogens with two attached hydrogens (primary N) is 1. The van der Waals surface area contributed by atoms with Crippen LogP contribution in [0, 0.1) is 29.1 Å². The van der Waals surface area contributed by atoms with E-state index in [1.54, 1.807) is 24.1 Å². The molecule has 0 radical (unpaired) electrons. The molecule has 5 N–H and O–H groups in total. The van der Waals surface area contributed by atoms with Gasteiger partial charge >= 0.3 is 0 Å². The lowest BCUT2D eigenvalue weighted by Gasteiger charge is -2.62. The Morgan fingerprint density at radius 2 is 1.88 bits per heavy atom. The Morgan fingerprint density at radius 3 is 2.45 bits per heavy atom. The zero-order chi connectivity index (χ0) is 29.0. The fourth-order valence-corrected chi connectivity index (χ4v) is 7.87. The third kappa shape index (κ3) is 5.33. The Morgan fingerprint density at radius 1 is 1.18 bits per heavy atom. The van der Waals surface area contributed by atoms with Crippen molar-refractivity contribution in [3.63, 3.8) is 0 Å². The fourth-order valence-electron chi connectivity index (χ4n) is 7.35. The molecular formula is C30H41N3O6S. The van der Waals surface area contributed by atoms with E-state index in [1.807, 2.05) is 24.3 Å². The fraction of sp³-hybridized carbons (Fsp3) is 0.567. The molecule has 4 fully saturated rings. The molecule has 2 aromatic rings. The summed E-state index contributed by atoms with van der Waals surface area (Å²) in [6.45, 7) is 8.45. The molecular weight excluding hydrogens is 530 g/mol. The third-order valence-electron chi connectivity index (χ3n) is 9.84. The summed E-state index contributed by atoms with van der Waals surface area (Å²) in [5.41, 5.74) is 2.84. The summed E-state index contributed by atoms with van der Waals surface area (Å²) in [7, 11) is -3.78. The van der Waals surface area contributed by atoms with Crippen molar-refractivity contribution in [3.05, 3.63) is 54.1 Å². The van der Waals surface area contributed by atoms with E-state index in [0.717, 1.165) is 23.1 Å². The smallest absolute Gasteiger partial charge is 0.240 e. The van der Waals surface area contributed by atoms with Crippen LogP contribution in [0.4, 0.5) is 0 Å². The van der Waals surface area contributed by atoms with E-state index >= 15 is 0 Å². The molecule has 9 nitrogen and oxygen atoms in total. The van der Waals surface area contributed by atoms with E-state index in [2.05, 4.69) is 26.1 Å². The van der Waals surface area contributed by atoms with Gasteiger partial charge in [0.05, 0.1) is 24.2 Å². The summed E-state index contributed by atoms with van der Waals surface area (Å²) in [6.07, 6.45) is 0.584. The van der Waals surface area contributed by atoms with Gasteiger partial charge in [-0.25, -0.2) is 13.6 Å². The number of aliphatic hydroxyl groups excluding tert-OH is 2. The van der Waals surface area contributed by atoms with Gasteiger partial charge in [-0.2, -0.15) is 5.06 Å². The van der Waals surface area contributed by atoms with Gasteiger partial charge in [0.15, 0.2) is 0 Å². The average Bonchev–Trinajstić information content (AvgIpc) is 3.27. The topological polar surface area (TPSA) is 142 Å². The van der Waals surface area contributed by atoms with Crippen LogP contribution in [0.2, 0.25) is 0 Å². The molecule has 218 valence electrons. The maximum atomic E-state index is 13.8. The summed E-state index contributed by atoms with van der Waals surface area (Å²) in [5, 5.41) is 30.8. The van der Waals surface area contributed by atoms with Gasteiger partial charge in [0, 0.05) is 12.0 Å². The maximum Gasteiger partial charge on any atom is 0.240 e. The van der Waals surface area contributed by atoms with Gasteiger partial charge in [-0.3, -0.25) is 9.63 Å². The number of nitrogens with zero attached hydrogens (tertiary/aromatic N) is 1. The molecule has 6 rings (SSSR count). The van der Waals surface area contributed by atoms with Crippen LogP contribution in [0.1, 0.15) is 46.1 Å². The van der Waals surface area contributed by atoms with Crippen LogP contribution in [-0.4, -0.2) is 60.5 Å². The molecule has 1 heterocycles. The Hall–Kier alpha value is -2.34. The lowest BCUT2D eigenvalue weighted by atomic mass is 9.45. The monoisotopic (exact) mass is 571 g/mol. The minimum absolute atomic E-state index is 0.0408. The number of hydrogen-bond acceptors (Lipinski definition) is 7. The Labute approximate surface area is 236 Å². The summed E-state index contributed by atoms with van der Waals surface area (Å²) in [6, 6.07) is 13.3. The highest BCUT2D eigenvalue weighted by atomic mass is 32.2. The zero-order valence-corrected chi connectivity index (χ0v) is 24.3. The highest BCUT2D eigenvalue weighted by Crippen LogP contribution is 2.61. The average molecular weight is 572 g/mol. The van der Waals surface area contributed by atoms with Gasteiger partial charge in [-0.05, 0) is 77.8 Å². The number of primary sulfonamides is 1. The quantitative estimate of drug-likeness (QED) is 0.382. The zero-order valence-electron chi connectivity index (χ0n) is 23.5. The number of rotatable bonds is 8. The molecule has 2 bridgehead atoms. The predicted molar refractivity (Wildman–Crippen MR) is 151 cm³/mol. The van der Waals surface area contributed by atoms with Crippen molar-refractivity contribution in [2.45, 2.75) is 76.3 Å². The number of fused-ring (bicyclic) bond motifs is 2. The highest BCUT2D eigenvalue weighted by Gasteiger charge is 2.57. The first kappa shape index (κ1) is 29.2. The largest absolute Gasteiger partial charge is 0.394 e. The summed E-state index contributed by atoms with van der Waals surface area (Å²) >= 11 is 0. The third-order valence-corrected chi connectivity index (χ3v) is 10.8. The van der Waals surface area contributed by atoms with E-state index in [1.165, 1.54) is 18.6 Å². The van der Waals surface area contributed by atoms with Crippen LogP contribution in [0.25, 0.3) is 11.1 Å². The lowest BCUT2D eigenvalue weighted by molar-refractivity contribution is -0.183.